The molecule has 1 atom stereocenters. The maximum atomic E-state index is 13.0. The van der Waals surface area contributed by atoms with Crippen LogP contribution in [0.4, 0.5) is 5.69 Å². The lowest BCUT2D eigenvalue weighted by Gasteiger charge is -2.20. The highest BCUT2D eigenvalue weighted by Crippen LogP contribution is 2.27. The number of anilines is 1. The van der Waals surface area contributed by atoms with Gasteiger partial charge in [-0.3, -0.25) is 4.79 Å². The average Bonchev–Trinajstić information content (AvgIpc) is 2.75. The van der Waals surface area contributed by atoms with Crippen molar-refractivity contribution in [3.05, 3.63) is 93.1 Å². The third-order valence-corrected chi connectivity index (χ3v) is 7.29. The number of amides is 1. The molecule has 2 N–H and O–H groups in total. The molecule has 0 aliphatic rings. The number of carbonyl (C=O) groups is 1. The molecule has 32 heavy (non-hydrogen) atoms. The van der Waals surface area contributed by atoms with Crippen molar-refractivity contribution in [1.29, 1.82) is 0 Å². The van der Waals surface area contributed by atoms with Crippen LogP contribution < -0.4 is 10.0 Å². The Balaban J connectivity index is 1.84. The molecular formula is C25H27IN2O3S. The van der Waals surface area contributed by atoms with E-state index in [0.29, 0.717) is 0 Å². The highest BCUT2D eigenvalue weighted by molar-refractivity contribution is 14.1. The minimum absolute atomic E-state index is 0.0291. The van der Waals surface area contributed by atoms with Crippen LogP contribution in [0.2, 0.25) is 0 Å². The molecule has 0 spiro atoms. The maximum absolute atomic E-state index is 13.0. The van der Waals surface area contributed by atoms with Crippen molar-refractivity contribution < 1.29 is 13.2 Å². The maximum Gasteiger partial charge on any atom is 0.241 e. The van der Waals surface area contributed by atoms with Crippen LogP contribution in [0.5, 0.6) is 0 Å². The molecule has 0 heterocycles. The molecule has 0 saturated carbocycles. The highest BCUT2D eigenvalue weighted by Gasteiger charge is 2.24. The fraction of sp³-hybridized carbons (Fsp3) is 0.240. The van der Waals surface area contributed by atoms with E-state index in [9.17, 15) is 13.2 Å². The minimum atomic E-state index is -3.80. The second-order valence-corrected chi connectivity index (χ2v) is 11.0. The van der Waals surface area contributed by atoms with E-state index in [2.05, 4.69) is 52.5 Å². The van der Waals surface area contributed by atoms with E-state index in [-0.39, 0.29) is 23.1 Å². The standard InChI is InChI=1S/C25H27IN2O3S/c1-17(2)22-15-20(26)11-14-23(22)27-25(29)16-24(19-7-5-4-6-8-19)28-32(30,31)21-12-9-18(3)10-13-21/h4-15,17,24,28H,16H2,1-3H3,(H,27,29). The first kappa shape index (κ1) is 24.4. The summed E-state index contributed by atoms with van der Waals surface area (Å²) in [7, 11) is -3.80. The van der Waals surface area contributed by atoms with Crippen LogP contribution in [0, 0.1) is 10.5 Å². The topological polar surface area (TPSA) is 75.3 Å². The van der Waals surface area contributed by atoms with Crippen molar-refractivity contribution >= 4 is 44.2 Å². The zero-order valence-electron chi connectivity index (χ0n) is 18.3. The van der Waals surface area contributed by atoms with Crippen LogP contribution in [-0.2, 0) is 14.8 Å². The molecule has 0 radical (unpaired) electrons. The number of aryl methyl sites for hydroxylation is 1. The Morgan fingerprint density at radius 1 is 0.969 bits per heavy atom. The van der Waals surface area contributed by atoms with Gasteiger partial charge in [0.2, 0.25) is 15.9 Å². The van der Waals surface area contributed by atoms with E-state index in [1.807, 2.05) is 49.4 Å². The van der Waals surface area contributed by atoms with Gasteiger partial charge in [0.05, 0.1) is 10.9 Å². The summed E-state index contributed by atoms with van der Waals surface area (Å²) in [5.74, 6) is -0.0152. The molecule has 3 aromatic rings. The van der Waals surface area contributed by atoms with Crippen LogP contribution in [-0.4, -0.2) is 14.3 Å². The van der Waals surface area contributed by atoms with Crippen molar-refractivity contribution in [3.63, 3.8) is 0 Å². The van der Waals surface area contributed by atoms with Gasteiger partial charge in [0.25, 0.3) is 0 Å². The molecule has 0 saturated heterocycles. The molecule has 7 heteroatoms. The summed E-state index contributed by atoms with van der Waals surface area (Å²) in [6.45, 7) is 6.05. The third kappa shape index (κ3) is 6.40. The van der Waals surface area contributed by atoms with Crippen molar-refractivity contribution in [2.24, 2.45) is 0 Å². The Morgan fingerprint density at radius 3 is 2.25 bits per heavy atom. The SMILES string of the molecule is Cc1ccc(S(=O)(=O)NC(CC(=O)Nc2ccc(I)cc2C(C)C)c2ccccc2)cc1. The van der Waals surface area contributed by atoms with Gasteiger partial charge in [-0.05, 0) is 76.9 Å². The highest BCUT2D eigenvalue weighted by atomic mass is 127. The molecule has 3 aromatic carbocycles. The van der Waals surface area contributed by atoms with E-state index in [1.165, 1.54) is 0 Å². The number of halogens is 1. The molecule has 0 aliphatic heterocycles. The number of carbonyl (C=O) groups excluding carboxylic acids is 1. The van der Waals surface area contributed by atoms with E-state index >= 15 is 0 Å². The van der Waals surface area contributed by atoms with E-state index in [1.54, 1.807) is 24.3 Å². The Labute approximate surface area is 203 Å². The number of benzene rings is 3. The van der Waals surface area contributed by atoms with Gasteiger partial charge in [-0.25, -0.2) is 13.1 Å². The predicted octanol–water partition coefficient (Wildman–Crippen LogP) is 5.77. The molecule has 168 valence electrons. The first-order chi connectivity index (χ1) is 15.2. The molecule has 1 unspecified atom stereocenters. The van der Waals surface area contributed by atoms with Crippen molar-refractivity contribution in [1.82, 2.24) is 4.72 Å². The van der Waals surface area contributed by atoms with Gasteiger partial charge in [-0.1, -0.05) is 61.9 Å². The van der Waals surface area contributed by atoms with Crippen molar-refractivity contribution in [2.45, 2.75) is 44.0 Å². The summed E-state index contributed by atoms with van der Waals surface area (Å²) in [4.78, 5) is 13.1. The van der Waals surface area contributed by atoms with Gasteiger partial charge in [0.1, 0.15) is 0 Å². The summed E-state index contributed by atoms with van der Waals surface area (Å²) < 4.78 is 29.8. The van der Waals surface area contributed by atoms with Crippen molar-refractivity contribution in [2.75, 3.05) is 5.32 Å². The fourth-order valence-electron chi connectivity index (χ4n) is 3.40. The Bertz CT molecular complexity index is 1180. The van der Waals surface area contributed by atoms with Gasteiger partial charge >= 0.3 is 0 Å². The van der Waals surface area contributed by atoms with Gasteiger partial charge in [0.15, 0.2) is 0 Å². The number of hydrogen-bond donors (Lipinski definition) is 2. The summed E-state index contributed by atoms with van der Waals surface area (Å²) in [5.41, 5.74) is 3.49. The predicted molar refractivity (Wildman–Crippen MR) is 137 cm³/mol. The molecular weight excluding hydrogens is 535 g/mol. The lowest BCUT2D eigenvalue weighted by Crippen LogP contribution is -2.31. The molecule has 0 aromatic heterocycles. The quantitative estimate of drug-likeness (QED) is 0.343. The zero-order chi connectivity index (χ0) is 23.3. The number of sulfonamides is 1. The first-order valence-electron chi connectivity index (χ1n) is 10.4. The van der Waals surface area contributed by atoms with E-state index in [4.69, 9.17) is 0 Å². The van der Waals surface area contributed by atoms with E-state index in [0.717, 1.165) is 25.9 Å². The summed E-state index contributed by atoms with van der Waals surface area (Å²) in [5, 5.41) is 2.98. The largest absolute Gasteiger partial charge is 0.326 e. The van der Waals surface area contributed by atoms with Gasteiger partial charge in [-0.15, -0.1) is 0 Å². The molecule has 0 bridgehead atoms. The smallest absolute Gasteiger partial charge is 0.241 e. The van der Waals surface area contributed by atoms with Gasteiger partial charge in [0, 0.05) is 15.7 Å². The number of hydrogen-bond acceptors (Lipinski definition) is 3. The average molecular weight is 562 g/mol. The minimum Gasteiger partial charge on any atom is -0.326 e. The van der Waals surface area contributed by atoms with Crippen LogP contribution in [0.3, 0.4) is 0 Å². The second kappa shape index (κ2) is 10.6. The number of rotatable bonds is 8. The summed E-state index contributed by atoms with van der Waals surface area (Å²) in [6.07, 6.45) is -0.0291. The Morgan fingerprint density at radius 2 is 1.62 bits per heavy atom. The molecule has 1 amide bonds. The molecule has 0 fully saturated rings. The van der Waals surface area contributed by atoms with Crippen LogP contribution >= 0.6 is 22.6 Å². The fourth-order valence-corrected chi connectivity index (χ4v) is 5.14. The second-order valence-electron chi connectivity index (χ2n) is 8.04. The molecule has 0 aliphatic carbocycles. The first-order valence-corrected chi connectivity index (χ1v) is 12.9. The molecule has 5 nitrogen and oxygen atoms in total. The third-order valence-electron chi connectivity index (χ3n) is 5.13. The van der Waals surface area contributed by atoms with Crippen LogP contribution in [0.15, 0.2) is 77.7 Å². The monoisotopic (exact) mass is 562 g/mol. The summed E-state index contributed by atoms with van der Waals surface area (Å²) in [6, 6.07) is 21.0. The van der Waals surface area contributed by atoms with Gasteiger partial charge < -0.3 is 5.32 Å². The van der Waals surface area contributed by atoms with Gasteiger partial charge in [-0.2, -0.15) is 0 Å². The van der Waals surface area contributed by atoms with Crippen LogP contribution in [0.25, 0.3) is 0 Å². The summed E-state index contributed by atoms with van der Waals surface area (Å²) >= 11 is 2.25. The zero-order valence-corrected chi connectivity index (χ0v) is 21.3. The molecule has 3 rings (SSSR count). The normalized spacial score (nSPS) is 12.5. The van der Waals surface area contributed by atoms with E-state index < -0.39 is 16.1 Å². The number of nitrogens with one attached hydrogen (secondary N) is 2. The van der Waals surface area contributed by atoms with Crippen molar-refractivity contribution in [3.8, 4) is 0 Å². The Kier molecular flexibility index (Phi) is 8.08. The Hall–Kier alpha value is -2.23. The van der Waals surface area contributed by atoms with Crippen LogP contribution in [0.1, 0.15) is 48.9 Å². The lowest BCUT2D eigenvalue weighted by molar-refractivity contribution is -0.116. The lowest BCUT2D eigenvalue weighted by atomic mass is 10.0.